The van der Waals surface area contributed by atoms with Gasteiger partial charge >= 0.3 is 11.8 Å². The lowest BCUT2D eigenvalue weighted by atomic mass is 10.0. The van der Waals surface area contributed by atoms with Crippen LogP contribution in [-0.2, 0) is 11.2 Å². The number of nitrogens with zero attached hydrogens (tertiary/aromatic N) is 3. The Kier molecular flexibility index (Phi) is 5.97. The van der Waals surface area contributed by atoms with E-state index in [9.17, 15) is 14.7 Å². The fraction of sp³-hybridized carbons (Fsp3) is 0.375. The van der Waals surface area contributed by atoms with Crippen LogP contribution in [0.1, 0.15) is 33.0 Å². The van der Waals surface area contributed by atoms with Crippen molar-refractivity contribution in [2.75, 3.05) is 13.1 Å². The Morgan fingerprint density at radius 3 is 2.70 bits per heavy atom. The molecule has 1 amide bonds. The average Bonchev–Trinajstić information content (AvgIpc) is 3.34. The van der Waals surface area contributed by atoms with Crippen LogP contribution in [0.4, 0.5) is 9.18 Å². The molecule has 0 aliphatic carbocycles. The highest BCUT2D eigenvalue weighted by atomic mass is 19.1. The molecule has 0 radical (unpaired) electrons. The first kappa shape index (κ1) is 22.6. The van der Waals surface area contributed by atoms with Gasteiger partial charge in [0.05, 0.1) is 5.69 Å². The molecule has 33 heavy (non-hydrogen) atoms. The van der Waals surface area contributed by atoms with Gasteiger partial charge in [0.25, 0.3) is 0 Å². The van der Waals surface area contributed by atoms with E-state index < -0.39 is 17.1 Å². The SMILES string of the molecule is CC(C)(C)OC(=O)N1CC[C@@H](Cc2n[nH]c(=O)n2-c2ccc(-c3cccc(O)c3)cc2F)C1. The first-order valence-electron chi connectivity index (χ1n) is 10.8. The molecule has 8 nitrogen and oxygen atoms in total. The molecule has 0 saturated carbocycles. The molecule has 0 bridgehead atoms. The molecule has 2 heterocycles. The highest BCUT2D eigenvalue weighted by molar-refractivity contribution is 5.68. The molecular weight excluding hydrogens is 427 g/mol. The van der Waals surface area contributed by atoms with Gasteiger partial charge in [0.1, 0.15) is 23.0 Å². The van der Waals surface area contributed by atoms with Crippen LogP contribution in [0.25, 0.3) is 16.8 Å². The molecule has 1 fully saturated rings. The van der Waals surface area contributed by atoms with Crippen molar-refractivity contribution in [1.29, 1.82) is 0 Å². The van der Waals surface area contributed by atoms with Crippen molar-refractivity contribution in [2.24, 2.45) is 5.92 Å². The van der Waals surface area contributed by atoms with E-state index in [1.54, 1.807) is 35.2 Å². The number of benzene rings is 2. The lowest BCUT2D eigenvalue weighted by Gasteiger charge is -2.24. The first-order chi connectivity index (χ1) is 15.6. The fourth-order valence-electron chi connectivity index (χ4n) is 4.02. The predicted octanol–water partition coefficient (Wildman–Crippen LogP) is 3.87. The van der Waals surface area contributed by atoms with Crippen molar-refractivity contribution < 1.29 is 19.0 Å². The molecule has 2 aromatic carbocycles. The molecule has 0 unspecified atom stereocenters. The number of ether oxygens (including phenoxy) is 1. The van der Waals surface area contributed by atoms with Crippen LogP contribution in [0.5, 0.6) is 5.75 Å². The molecule has 4 rings (SSSR count). The molecule has 1 aromatic heterocycles. The Bertz CT molecular complexity index is 1230. The monoisotopic (exact) mass is 454 g/mol. The maximum absolute atomic E-state index is 15.1. The number of carbonyl (C=O) groups is 1. The zero-order chi connectivity index (χ0) is 23.8. The van der Waals surface area contributed by atoms with E-state index >= 15 is 4.39 Å². The second-order valence-electron chi connectivity index (χ2n) is 9.28. The van der Waals surface area contributed by atoms with Gasteiger partial charge in [-0.2, -0.15) is 5.10 Å². The number of H-pyrrole nitrogens is 1. The maximum atomic E-state index is 15.1. The predicted molar refractivity (Wildman–Crippen MR) is 121 cm³/mol. The Morgan fingerprint density at radius 1 is 1.24 bits per heavy atom. The summed E-state index contributed by atoms with van der Waals surface area (Å²) in [5, 5.41) is 16.2. The third-order valence-corrected chi connectivity index (χ3v) is 5.52. The number of rotatable bonds is 4. The van der Waals surface area contributed by atoms with E-state index in [-0.39, 0.29) is 23.4 Å². The second-order valence-corrected chi connectivity index (χ2v) is 9.28. The number of aromatic nitrogens is 3. The smallest absolute Gasteiger partial charge is 0.410 e. The molecular formula is C24H27FN4O4. The van der Waals surface area contributed by atoms with Gasteiger partial charge < -0.3 is 14.7 Å². The summed E-state index contributed by atoms with van der Waals surface area (Å²) in [5.74, 6) is -0.0224. The summed E-state index contributed by atoms with van der Waals surface area (Å²) < 4.78 is 21.7. The number of aromatic amines is 1. The number of halogens is 1. The van der Waals surface area contributed by atoms with Crippen molar-refractivity contribution in [2.45, 2.75) is 39.2 Å². The van der Waals surface area contributed by atoms with E-state index in [0.717, 1.165) is 6.42 Å². The quantitative estimate of drug-likeness (QED) is 0.623. The van der Waals surface area contributed by atoms with Crippen molar-refractivity contribution in [3.63, 3.8) is 0 Å². The number of aromatic hydroxyl groups is 1. The third-order valence-electron chi connectivity index (χ3n) is 5.52. The highest BCUT2D eigenvalue weighted by Crippen LogP contribution is 2.27. The minimum atomic E-state index is -0.581. The van der Waals surface area contributed by atoms with Crippen LogP contribution in [0.15, 0.2) is 47.3 Å². The zero-order valence-corrected chi connectivity index (χ0v) is 18.8. The molecule has 3 aromatic rings. The number of phenols is 1. The van der Waals surface area contributed by atoms with E-state index in [0.29, 0.717) is 36.5 Å². The molecule has 2 N–H and O–H groups in total. The summed E-state index contributed by atoms with van der Waals surface area (Å²) >= 11 is 0. The number of nitrogens with one attached hydrogen (secondary N) is 1. The maximum Gasteiger partial charge on any atom is 0.410 e. The summed E-state index contributed by atoms with van der Waals surface area (Å²) in [6, 6.07) is 11.1. The lowest BCUT2D eigenvalue weighted by molar-refractivity contribution is 0.0288. The minimum Gasteiger partial charge on any atom is -0.508 e. The van der Waals surface area contributed by atoms with Gasteiger partial charge in [0.15, 0.2) is 0 Å². The van der Waals surface area contributed by atoms with Crippen LogP contribution in [0.3, 0.4) is 0 Å². The summed E-state index contributed by atoms with van der Waals surface area (Å²) in [6.07, 6.45) is 0.781. The number of likely N-dealkylation sites (tertiary alicyclic amines) is 1. The lowest BCUT2D eigenvalue weighted by Crippen LogP contribution is -2.35. The van der Waals surface area contributed by atoms with E-state index in [2.05, 4.69) is 10.2 Å². The van der Waals surface area contributed by atoms with Crippen molar-refractivity contribution in [3.8, 4) is 22.6 Å². The van der Waals surface area contributed by atoms with Gasteiger partial charge in [-0.15, -0.1) is 0 Å². The third kappa shape index (κ3) is 5.08. The van der Waals surface area contributed by atoms with Crippen molar-refractivity contribution in [1.82, 2.24) is 19.7 Å². The van der Waals surface area contributed by atoms with Crippen LogP contribution < -0.4 is 5.69 Å². The van der Waals surface area contributed by atoms with Crippen LogP contribution in [0, 0.1) is 11.7 Å². The van der Waals surface area contributed by atoms with Gasteiger partial charge in [-0.3, -0.25) is 0 Å². The Balaban J connectivity index is 1.53. The van der Waals surface area contributed by atoms with E-state index in [1.807, 2.05) is 20.8 Å². The van der Waals surface area contributed by atoms with E-state index in [1.165, 1.54) is 16.7 Å². The van der Waals surface area contributed by atoms with Gasteiger partial charge in [-0.25, -0.2) is 23.6 Å². The van der Waals surface area contributed by atoms with Gasteiger partial charge in [0.2, 0.25) is 0 Å². The molecule has 174 valence electrons. The number of carbonyl (C=O) groups excluding carboxylic acids is 1. The molecule has 1 aliphatic heterocycles. The van der Waals surface area contributed by atoms with Crippen LogP contribution in [-0.4, -0.2) is 49.6 Å². The number of phenolic OH excluding ortho intramolecular Hbond substituents is 1. The van der Waals surface area contributed by atoms with Crippen molar-refractivity contribution >= 4 is 6.09 Å². The summed E-state index contributed by atoms with van der Waals surface area (Å²) in [5.41, 5.74) is 0.230. The summed E-state index contributed by atoms with van der Waals surface area (Å²) in [6.45, 7) is 6.50. The Hall–Kier alpha value is -3.62. The van der Waals surface area contributed by atoms with E-state index in [4.69, 9.17) is 4.74 Å². The average molecular weight is 455 g/mol. The zero-order valence-electron chi connectivity index (χ0n) is 18.8. The second kappa shape index (κ2) is 8.73. The fourth-order valence-corrected chi connectivity index (χ4v) is 4.02. The molecule has 0 spiro atoms. The first-order valence-corrected chi connectivity index (χ1v) is 10.8. The molecule has 1 atom stereocenters. The normalized spacial score (nSPS) is 16.2. The van der Waals surface area contributed by atoms with Gasteiger partial charge in [-0.1, -0.05) is 18.2 Å². The molecule has 1 saturated heterocycles. The van der Waals surface area contributed by atoms with Crippen LogP contribution >= 0.6 is 0 Å². The molecule has 1 aliphatic rings. The summed E-state index contributed by atoms with van der Waals surface area (Å²) in [4.78, 5) is 26.4. The topological polar surface area (TPSA) is 100 Å². The number of hydrogen-bond donors (Lipinski definition) is 2. The van der Waals surface area contributed by atoms with Crippen LogP contribution in [0.2, 0.25) is 0 Å². The minimum absolute atomic E-state index is 0.0705. The Morgan fingerprint density at radius 2 is 2.00 bits per heavy atom. The Labute approximate surface area is 190 Å². The largest absolute Gasteiger partial charge is 0.508 e. The van der Waals surface area contributed by atoms with Crippen molar-refractivity contribution in [3.05, 3.63) is 64.6 Å². The number of amides is 1. The summed E-state index contributed by atoms with van der Waals surface area (Å²) in [7, 11) is 0. The molecule has 9 heteroatoms. The van der Waals surface area contributed by atoms with Gasteiger partial charge in [-0.05, 0) is 68.5 Å². The number of hydrogen-bond acceptors (Lipinski definition) is 5. The van der Waals surface area contributed by atoms with Gasteiger partial charge in [0, 0.05) is 19.5 Å². The standard InChI is InChI=1S/C24H27FN4O4/c1-24(2,3)33-23(32)28-10-9-15(14-28)11-21-26-27-22(31)29(21)20-8-7-17(13-19(20)25)16-5-4-6-18(30)12-16/h4-8,12-13,15,30H,9-11,14H2,1-3H3,(H,27,31)/t15-/m0/s1. The highest BCUT2D eigenvalue weighted by Gasteiger charge is 2.31.